The summed E-state index contributed by atoms with van der Waals surface area (Å²) in [6.07, 6.45) is 3.70. The SMILES string of the molecule is CC1C(=O)OC2C1CCC1(C)C=C(Cl)C(=O)C(C)C21. The van der Waals surface area contributed by atoms with Crippen molar-refractivity contribution < 1.29 is 14.3 Å². The number of allylic oxidation sites excluding steroid dienone is 2. The lowest BCUT2D eigenvalue weighted by molar-refractivity contribution is -0.151. The van der Waals surface area contributed by atoms with Crippen molar-refractivity contribution in [1.29, 1.82) is 0 Å². The van der Waals surface area contributed by atoms with Crippen LogP contribution in [0.3, 0.4) is 0 Å². The van der Waals surface area contributed by atoms with E-state index in [9.17, 15) is 9.59 Å². The molecule has 0 amide bonds. The topological polar surface area (TPSA) is 43.4 Å². The van der Waals surface area contributed by atoms with Crippen molar-refractivity contribution in [3.63, 3.8) is 0 Å². The number of carbonyl (C=O) groups is 2. The fourth-order valence-electron chi connectivity index (χ4n) is 4.33. The molecule has 1 saturated heterocycles. The summed E-state index contributed by atoms with van der Waals surface area (Å²) in [6, 6.07) is 0. The van der Waals surface area contributed by atoms with Gasteiger partial charge in [-0.15, -0.1) is 0 Å². The van der Waals surface area contributed by atoms with Gasteiger partial charge in [-0.1, -0.05) is 38.4 Å². The highest BCUT2D eigenvalue weighted by atomic mass is 35.5. The van der Waals surface area contributed by atoms with E-state index in [-0.39, 0.29) is 46.9 Å². The number of esters is 1. The van der Waals surface area contributed by atoms with E-state index in [1.54, 1.807) is 0 Å². The minimum absolute atomic E-state index is 0.0135. The Labute approximate surface area is 118 Å². The fraction of sp³-hybridized carbons (Fsp3) is 0.733. The van der Waals surface area contributed by atoms with Crippen LogP contribution >= 0.6 is 11.6 Å². The summed E-state index contributed by atoms with van der Waals surface area (Å²) in [4.78, 5) is 24.0. The first-order valence-electron chi connectivity index (χ1n) is 6.98. The number of ketones is 1. The molecular weight excluding hydrogens is 264 g/mol. The van der Waals surface area contributed by atoms with E-state index in [2.05, 4.69) is 6.92 Å². The van der Waals surface area contributed by atoms with E-state index in [0.29, 0.717) is 5.03 Å². The highest BCUT2D eigenvalue weighted by molar-refractivity contribution is 6.43. The summed E-state index contributed by atoms with van der Waals surface area (Å²) < 4.78 is 5.60. The zero-order valence-corrected chi connectivity index (χ0v) is 12.2. The molecule has 104 valence electrons. The fourth-order valence-corrected chi connectivity index (χ4v) is 4.75. The third kappa shape index (κ3) is 1.70. The third-order valence-corrected chi connectivity index (χ3v) is 5.76. The number of hydrogen-bond acceptors (Lipinski definition) is 3. The molecule has 1 saturated carbocycles. The molecule has 0 aromatic heterocycles. The quantitative estimate of drug-likeness (QED) is 0.642. The Hall–Kier alpha value is -0.830. The molecule has 2 aliphatic carbocycles. The van der Waals surface area contributed by atoms with Gasteiger partial charge in [0.25, 0.3) is 0 Å². The van der Waals surface area contributed by atoms with Gasteiger partial charge in [0.2, 0.25) is 0 Å². The van der Waals surface area contributed by atoms with Crippen LogP contribution < -0.4 is 0 Å². The van der Waals surface area contributed by atoms with Crippen molar-refractivity contribution in [2.45, 2.75) is 39.7 Å². The van der Waals surface area contributed by atoms with Crippen LogP contribution in [0.2, 0.25) is 0 Å². The van der Waals surface area contributed by atoms with Gasteiger partial charge in [0.15, 0.2) is 5.78 Å². The first-order valence-corrected chi connectivity index (χ1v) is 7.36. The Kier molecular flexibility index (Phi) is 2.83. The predicted molar refractivity (Wildman–Crippen MR) is 71.5 cm³/mol. The molecule has 0 N–H and O–H groups in total. The Bertz CT molecular complexity index is 484. The number of rotatable bonds is 0. The van der Waals surface area contributed by atoms with Crippen molar-refractivity contribution in [1.82, 2.24) is 0 Å². The van der Waals surface area contributed by atoms with Crippen LogP contribution in [-0.2, 0) is 14.3 Å². The number of fused-ring (bicyclic) bond motifs is 3. The van der Waals surface area contributed by atoms with Gasteiger partial charge in [-0.3, -0.25) is 9.59 Å². The second-order valence-corrected chi connectivity index (χ2v) is 6.98. The molecule has 3 rings (SSSR count). The lowest BCUT2D eigenvalue weighted by atomic mass is 9.55. The third-order valence-electron chi connectivity index (χ3n) is 5.46. The van der Waals surface area contributed by atoms with Crippen LogP contribution in [0, 0.1) is 29.1 Å². The number of halogens is 1. The molecule has 19 heavy (non-hydrogen) atoms. The largest absolute Gasteiger partial charge is 0.461 e. The number of hydrogen-bond donors (Lipinski definition) is 0. The normalized spacial score (nSPS) is 49.3. The summed E-state index contributed by atoms with van der Waals surface area (Å²) in [5.74, 6) is -0.0205. The van der Waals surface area contributed by atoms with Gasteiger partial charge >= 0.3 is 5.97 Å². The van der Waals surface area contributed by atoms with Crippen molar-refractivity contribution in [3.05, 3.63) is 11.1 Å². The summed E-state index contributed by atoms with van der Waals surface area (Å²) >= 11 is 6.08. The molecule has 2 fully saturated rings. The molecule has 0 aromatic rings. The van der Waals surface area contributed by atoms with E-state index in [4.69, 9.17) is 16.3 Å². The second kappa shape index (κ2) is 4.08. The van der Waals surface area contributed by atoms with Crippen LogP contribution in [0.5, 0.6) is 0 Å². The Balaban J connectivity index is 2.03. The molecule has 0 aromatic carbocycles. The van der Waals surface area contributed by atoms with E-state index < -0.39 is 0 Å². The molecule has 4 heteroatoms. The van der Waals surface area contributed by atoms with E-state index in [0.717, 1.165) is 12.8 Å². The van der Waals surface area contributed by atoms with Gasteiger partial charge in [0.1, 0.15) is 6.10 Å². The zero-order chi connectivity index (χ0) is 13.9. The molecule has 0 bridgehead atoms. The number of ether oxygens (including phenoxy) is 1. The first-order chi connectivity index (χ1) is 8.85. The maximum absolute atomic E-state index is 12.1. The van der Waals surface area contributed by atoms with Gasteiger partial charge in [-0.05, 0) is 18.3 Å². The minimum Gasteiger partial charge on any atom is -0.461 e. The average Bonchev–Trinajstić information content (AvgIpc) is 2.61. The van der Waals surface area contributed by atoms with Gasteiger partial charge in [0, 0.05) is 17.8 Å². The minimum atomic E-state index is -0.173. The summed E-state index contributed by atoms with van der Waals surface area (Å²) in [5, 5.41) is 0.349. The van der Waals surface area contributed by atoms with Crippen molar-refractivity contribution in [2.24, 2.45) is 29.1 Å². The van der Waals surface area contributed by atoms with E-state index in [1.165, 1.54) is 0 Å². The lowest BCUT2D eigenvalue weighted by Crippen LogP contribution is -2.50. The highest BCUT2D eigenvalue weighted by Gasteiger charge is 2.58. The Morgan fingerprint density at radius 1 is 1.32 bits per heavy atom. The zero-order valence-electron chi connectivity index (χ0n) is 11.5. The maximum atomic E-state index is 12.1. The van der Waals surface area contributed by atoms with Crippen LogP contribution in [0.15, 0.2) is 11.1 Å². The van der Waals surface area contributed by atoms with Crippen LogP contribution in [0.25, 0.3) is 0 Å². The van der Waals surface area contributed by atoms with Gasteiger partial charge in [-0.2, -0.15) is 0 Å². The summed E-state index contributed by atoms with van der Waals surface area (Å²) in [6.45, 7) is 5.99. The molecule has 1 heterocycles. The maximum Gasteiger partial charge on any atom is 0.309 e. The molecule has 3 nitrogen and oxygen atoms in total. The molecular formula is C15H19ClO3. The predicted octanol–water partition coefficient (Wildman–Crippen LogP) is 2.92. The molecule has 0 radical (unpaired) electrons. The van der Waals surface area contributed by atoms with Crippen molar-refractivity contribution in [2.75, 3.05) is 0 Å². The smallest absolute Gasteiger partial charge is 0.309 e. The summed E-state index contributed by atoms with van der Waals surface area (Å²) in [7, 11) is 0. The lowest BCUT2D eigenvalue weighted by Gasteiger charge is -2.49. The first kappa shape index (κ1) is 13.2. The van der Waals surface area contributed by atoms with Crippen LogP contribution in [-0.4, -0.2) is 17.9 Å². The summed E-state index contributed by atoms with van der Waals surface area (Å²) in [5.41, 5.74) is -0.129. The Morgan fingerprint density at radius 3 is 2.68 bits per heavy atom. The van der Waals surface area contributed by atoms with Crippen molar-refractivity contribution in [3.8, 4) is 0 Å². The van der Waals surface area contributed by atoms with Crippen molar-refractivity contribution >= 4 is 23.4 Å². The second-order valence-electron chi connectivity index (χ2n) is 6.57. The van der Waals surface area contributed by atoms with E-state index >= 15 is 0 Å². The number of Topliss-reactive ketones (excluding diaryl/α,β-unsaturated/α-hetero) is 1. The monoisotopic (exact) mass is 282 g/mol. The molecule has 6 unspecified atom stereocenters. The van der Waals surface area contributed by atoms with Gasteiger partial charge in [0.05, 0.1) is 11.0 Å². The highest BCUT2D eigenvalue weighted by Crippen LogP contribution is 2.56. The van der Waals surface area contributed by atoms with E-state index in [1.807, 2.05) is 19.9 Å². The van der Waals surface area contributed by atoms with Crippen LogP contribution in [0.4, 0.5) is 0 Å². The molecule has 1 aliphatic heterocycles. The standard InChI is InChI=1S/C15H19ClO3/c1-7-9-4-5-15(3)6-10(16)12(17)8(2)11(15)13(9)19-14(7)18/h6-9,11,13H,4-5H2,1-3H3. The Morgan fingerprint density at radius 2 is 2.00 bits per heavy atom. The van der Waals surface area contributed by atoms with Gasteiger partial charge < -0.3 is 4.74 Å². The van der Waals surface area contributed by atoms with Gasteiger partial charge in [-0.25, -0.2) is 0 Å². The average molecular weight is 283 g/mol. The molecule has 3 aliphatic rings. The molecule has 6 atom stereocenters. The molecule has 0 spiro atoms. The number of carbonyl (C=O) groups excluding carboxylic acids is 2. The van der Waals surface area contributed by atoms with Crippen LogP contribution in [0.1, 0.15) is 33.6 Å².